The second kappa shape index (κ2) is 19.3. The number of para-hydroxylation sites is 2. The first-order chi connectivity index (χ1) is 36.4. The largest absolute Gasteiger partial charge is 0.456 e. The first-order valence-electron chi connectivity index (χ1n) is 26.5. The summed E-state index contributed by atoms with van der Waals surface area (Å²) in [6.07, 6.45) is 0. The number of nitrogens with zero attached hydrogens (tertiary/aromatic N) is 2. The van der Waals surface area contributed by atoms with Crippen molar-refractivity contribution in [1.82, 2.24) is 0 Å². The maximum absolute atomic E-state index is 6.89. The van der Waals surface area contributed by atoms with Crippen LogP contribution in [0.4, 0.5) is 34.1 Å². The van der Waals surface area contributed by atoms with Crippen molar-refractivity contribution in [3.8, 4) is 33.4 Å². The van der Waals surface area contributed by atoms with E-state index in [0.29, 0.717) is 11.8 Å². The predicted molar refractivity (Wildman–Crippen MR) is 321 cm³/mol. The van der Waals surface area contributed by atoms with Gasteiger partial charge in [0.2, 0.25) is 0 Å². The zero-order valence-electron chi connectivity index (χ0n) is 44.0. The third-order valence-corrected chi connectivity index (χ3v) is 15.2. The lowest BCUT2D eigenvalue weighted by Crippen LogP contribution is -2.12. The van der Waals surface area contributed by atoms with Gasteiger partial charge >= 0.3 is 0 Å². The Morgan fingerprint density at radius 2 is 0.720 bits per heavy atom. The van der Waals surface area contributed by atoms with E-state index in [1.54, 1.807) is 0 Å². The van der Waals surface area contributed by atoms with Crippen molar-refractivity contribution in [3.05, 3.63) is 253 Å². The molecule has 0 amide bonds. The van der Waals surface area contributed by atoms with E-state index in [1.165, 1.54) is 50.1 Å². The minimum Gasteiger partial charge on any atom is -0.456 e. The van der Waals surface area contributed by atoms with E-state index < -0.39 is 0 Å². The lowest BCUT2D eigenvalue weighted by Gasteiger charge is -2.28. The number of hydrogen-bond acceptors (Lipinski definition) is 3. The van der Waals surface area contributed by atoms with Gasteiger partial charge in [0.15, 0.2) is 0 Å². The van der Waals surface area contributed by atoms with Crippen molar-refractivity contribution in [2.45, 2.75) is 65.7 Å². The van der Waals surface area contributed by atoms with Crippen LogP contribution < -0.4 is 9.80 Å². The Morgan fingerprint density at radius 3 is 1.19 bits per heavy atom. The van der Waals surface area contributed by atoms with Crippen LogP contribution >= 0.6 is 0 Å². The lowest BCUT2D eigenvalue weighted by molar-refractivity contribution is 0.590. The Balaban J connectivity index is 0.956. The van der Waals surface area contributed by atoms with Crippen LogP contribution in [-0.4, -0.2) is 0 Å². The summed E-state index contributed by atoms with van der Waals surface area (Å²) in [5.74, 6) is 0.907. The molecule has 0 atom stereocenters. The average Bonchev–Trinajstić information content (AvgIpc) is 3.79. The summed E-state index contributed by atoms with van der Waals surface area (Å²) >= 11 is 0. The van der Waals surface area contributed by atoms with Crippen molar-refractivity contribution in [2.75, 3.05) is 9.80 Å². The molecular weight excluding hydrogens is 909 g/mol. The zero-order chi connectivity index (χ0) is 51.4. The molecule has 0 saturated carbocycles. The minimum absolute atomic E-state index is 0.0648. The molecule has 75 heavy (non-hydrogen) atoms. The van der Waals surface area contributed by atoms with E-state index >= 15 is 0 Å². The maximum Gasteiger partial charge on any atom is 0.136 e. The van der Waals surface area contributed by atoms with E-state index in [2.05, 4.69) is 295 Å². The smallest absolute Gasteiger partial charge is 0.136 e. The fourth-order valence-electron chi connectivity index (χ4n) is 10.8. The average molecular weight is 971 g/mol. The Hall–Kier alpha value is -8.66. The molecule has 0 saturated heterocycles. The van der Waals surface area contributed by atoms with Crippen LogP contribution in [0.2, 0.25) is 0 Å². The molecule has 0 radical (unpaired) electrons. The summed E-state index contributed by atoms with van der Waals surface area (Å²) in [6.45, 7) is 15.8. The van der Waals surface area contributed by atoms with Crippen molar-refractivity contribution in [1.29, 1.82) is 0 Å². The van der Waals surface area contributed by atoms with E-state index in [4.69, 9.17) is 4.42 Å². The van der Waals surface area contributed by atoms with E-state index in [1.807, 2.05) is 0 Å². The Bertz CT molecular complexity index is 4010. The van der Waals surface area contributed by atoms with Gasteiger partial charge in [0.1, 0.15) is 11.2 Å². The van der Waals surface area contributed by atoms with Gasteiger partial charge in [0, 0.05) is 44.6 Å². The molecule has 3 nitrogen and oxygen atoms in total. The monoisotopic (exact) mass is 970 g/mol. The fourth-order valence-corrected chi connectivity index (χ4v) is 10.8. The number of benzene rings is 11. The van der Waals surface area contributed by atoms with Crippen LogP contribution in [0.25, 0.3) is 76.9 Å². The SMILES string of the molecule is CC(C)c1ccc(-c2ccccc2N(c2ccc(C(C)C)cc2)c2ccc3cc4c(cc3c2)oc2cc3cc(N(c5ccc(-c6ccccc6)cc5)c5ccccc5-c5ccc(C(C)(C)C)cc5)ccc3cc24)cc1. The molecule has 12 rings (SSSR count). The maximum atomic E-state index is 6.89. The fraction of sp³-hybridized carbons (Fsp3) is 0.139. The van der Waals surface area contributed by atoms with Gasteiger partial charge in [-0.25, -0.2) is 0 Å². The van der Waals surface area contributed by atoms with Crippen LogP contribution in [0.15, 0.2) is 241 Å². The molecule has 0 unspecified atom stereocenters. The van der Waals surface area contributed by atoms with Crippen LogP contribution in [-0.2, 0) is 5.41 Å². The number of anilines is 6. The van der Waals surface area contributed by atoms with Crippen molar-refractivity contribution in [3.63, 3.8) is 0 Å². The molecule has 3 heteroatoms. The summed E-state index contributed by atoms with van der Waals surface area (Å²) < 4.78 is 6.89. The third kappa shape index (κ3) is 9.14. The highest BCUT2D eigenvalue weighted by molar-refractivity contribution is 6.14. The van der Waals surface area contributed by atoms with E-state index in [0.717, 1.165) is 77.6 Å². The molecule has 1 aromatic heterocycles. The third-order valence-electron chi connectivity index (χ3n) is 15.2. The Morgan fingerprint density at radius 1 is 0.333 bits per heavy atom. The molecule has 12 aromatic rings. The molecule has 0 aliphatic rings. The molecule has 0 spiro atoms. The number of rotatable bonds is 11. The molecule has 0 N–H and O–H groups in total. The van der Waals surface area contributed by atoms with Crippen LogP contribution in [0.3, 0.4) is 0 Å². The number of hydrogen-bond donors (Lipinski definition) is 0. The highest BCUT2D eigenvalue weighted by Gasteiger charge is 2.22. The molecule has 0 bridgehead atoms. The Labute approximate surface area is 442 Å². The zero-order valence-corrected chi connectivity index (χ0v) is 44.0. The minimum atomic E-state index is 0.0648. The summed E-state index contributed by atoms with van der Waals surface area (Å²) in [7, 11) is 0. The quantitative estimate of drug-likeness (QED) is 0.129. The molecular formula is C72H62N2O. The van der Waals surface area contributed by atoms with Gasteiger partial charge in [0.05, 0.1) is 11.4 Å². The van der Waals surface area contributed by atoms with Gasteiger partial charge < -0.3 is 14.2 Å². The Kier molecular flexibility index (Phi) is 12.2. The molecule has 0 fully saturated rings. The predicted octanol–water partition coefficient (Wildman–Crippen LogP) is 21.4. The molecule has 11 aromatic carbocycles. The second-order valence-corrected chi connectivity index (χ2v) is 21.8. The molecule has 0 aliphatic heterocycles. The highest BCUT2D eigenvalue weighted by Crippen LogP contribution is 2.46. The number of fused-ring (bicyclic) bond motifs is 5. The van der Waals surface area contributed by atoms with Gasteiger partial charge in [-0.15, -0.1) is 0 Å². The normalized spacial score (nSPS) is 11.9. The topological polar surface area (TPSA) is 19.6 Å². The summed E-state index contributed by atoms with van der Waals surface area (Å²) in [5.41, 5.74) is 19.5. The number of furan rings is 1. The van der Waals surface area contributed by atoms with Crippen LogP contribution in [0, 0.1) is 0 Å². The van der Waals surface area contributed by atoms with Crippen LogP contribution in [0.5, 0.6) is 0 Å². The summed E-state index contributed by atoms with van der Waals surface area (Å²) in [4.78, 5) is 4.81. The van der Waals surface area contributed by atoms with Gasteiger partial charge in [-0.05, 0) is 163 Å². The molecule has 1 heterocycles. The van der Waals surface area contributed by atoms with E-state index in [-0.39, 0.29) is 5.41 Å². The molecule has 366 valence electrons. The van der Waals surface area contributed by atoms with Gasteiger partial charge in [-0.2, -0.15) is 0 Å². The van der Waals surface area contributed by atoms with E-state index in [9.17, 15) is 0 Å². The highest BCUT2D eigenvalue weighted by atomic mass is 16.3. The molecule has 0 aliphatic carbocycles. The first-order valence-corrected chi connectivity index (χ1v) is 26.5. The van der Waals surface area contributed by atoms with Crippen LogP contribution in [0.1, 0.15) is 77.0 Å². The van der Waals surface area contributed by atoms with Crippen molar-refractivity contribution >= 4 is 77.6 Å². The first kappa shape index (κ1) is 47.4. The van der Waals surface area contributed by atoms with Crippen molar-refractivity contribution in [2.24, 2.45) is 0 Å². The van der Waals surface area contributed by atoms with Gasteiger partial charge in [-0.3, -0.25) is 0 Å². The van der Waals surface area contributed by atoms with Crippen molar-refractivity contribution < 1.29 is 4.42 Å². The standard InChI is InChI=1S/C72H62N2O/c1-47(2)49-21-23-53(24-22-49)64-17-11-13-19-68(64)73(60-35-27-50(28-36-60)48(3)4)62-39-31-55-43-66-67-44-56-32-40-63(42-58(56)46-71(67)75-70(66)45-57(55)41-62)74(61-37-29-52(30-38-61)51-15-9-8-10-16-51)69-20-14-12-18-65(69)54-25-33-59(34-26-54)72(5,6)7/h8-48H,1-7H3. The summed E-state index contributed by atoms with van der Waals surface area (Å²) in [5, 5.41) is 6.77. The van der Waals surface area contributed by atoms with Gasteiger partial charge in [-0.1, -0.05) is 200 Å². The van der Waals surface area contributed by atoms with Gasteiger partial charge in [0.25, 0.3) is 0 Å². The second-order valence-electron chi connectivity index (χ2n) is 21.8. The lowest BCUT2D eigenvalue weighted by atomic mass is 9.86. The summed E-state index contributed by atoms with van der Waals surface area (Å²) in [6, 6.07) is 87.1.